The summed E-state index contributed by atoms with van der Waals surface area (Å²) in [5.74, 6) is 1.53. The Morgan fingerprint density at radius 2 is 2.25 bits per heavy atom. The predicted octanol–water partition coefficient (Wildman–Crippen LogP) is 1.83. The number of hydrogen-bond donors (Lipinski definition) is 2. The lowest BCUT2D eigenvalue weighted by Gasteiger charge is -2.09. The van der Waals surface area contributed by atoms with E-state index in [4.69, 9.17) is 5.73 Å². The highest BCUT2D eigenvalue weighted by Crippen LogP contribution is 2.06. The van der Waals surface area contributed by atoms with Gasteiger partial charge in [-0.05, 0) is 31.7 Å². The highest BCUT2D eigenvalue weighted by Gasteiger charge is 1.99. The Bertz CT molecular complexity index is 301. The fraction of sp³-hybridized carbons (Fsp3) is 0.667. The molecule has 1 aromatic heterocycles. The molecule has 4 nitrogen and oxygen atoms in total. The van der Waals surface area contributed by atoms with Crippen molar-refractivity contribution in [3.05, 3.63) is 18.1 Å². The van der Waals surface area contributed by atoms with Crippen molar-refractivity contribution in [2.45, 2.75) is 33.1 Å². The number of hydrogen-bond acceptors (Lipinski definition) is 4. The molecule has 0 radical (unpaired) electrons. The van der Waals surface area contributed by atoms with Crippen LogP contribution in [0.25, 0.3) is 0 Å². The highest BCUT2D eigenvalue weighted by atomic mass is 15.0. The van der Waals surface area contributed by atoms with Crippen LogP contribution < -0.4 is 11.1 Å². The van der Waals surface area contributed by atoms with Crippen LogP contribution in [0, 0.1) is 5.92 Å². The normalized spacial score (nSPS) is 12.4. The topological polar surface area (TPSA) is 63.8 Å². The van der Waals surface area contributed by atoms with Crippen LogP contribution in [-0.2, 0) is 6.42 Å². The van der Waals surface area contributed by atoms with Crippen LogP contribution >= 0.6 is 0 Å². The zero-order chi connectivity index (χ0) is 11.8. The summed E-state index contributed by atoms with van der Waals surface area (Å²) < 4.78 is 0. The summed E-state index contributed by atoms with van der Waals surface area (Å²) in [4.78, 5) is 8.34. The second-order valence-electron chi connectivity index (χ2n) is 4.16. The molecule has 0 saturated carbocycles. The molecule has 3 N–H and O–H groups in total. The molecule has 0 fully saturated rings. The van der Waals surface area contributed by atoms with Gasteiger partial charge in [-0.3, -0.25) is 0 Å². The molecule has 0 amide bonds. The van der Waals surface area contributed by atoms with Crippen LogP contribution in [0.1, 0.15) is 32.4 Å². The van der Waals surface area contributed by atoms with E-state index in [2.05, 4.69) is 29.1 Å². The Kier molecular flexibility index (Phi) is 5.78. The van der Waals surface area contributed by atoms with Crippen LogP contribution in [0.2, 0.25) is 0 Å². The monoisotopic (exact) mass is 222 g/mol. The van der Waals surface area contributed by atoms with Crippen LogP contribution in [0.4, 0.5) is 5.82 Å². The summed E-state index contributed by atoms with van der Waals surface area (Å²) in [6.07, 6.45) is 4.85. The lowest BCUT2D eigenvalue weighted by atomic mass is 10.1. The molecular formula is C12H22N4. The van der Waals surface area contributed by atoms with Gasteiger partial charge in [-0.25, -0.2) is 9.97 Å². The van der Waals surface area contributed by atoms with Crippen LogP contribution in [0.5, 0.6) is 0 Å². The van der Waals surface area contributed by atoms with Crippen molar-refractivity contribution in [3.63, 3.8) is 0 Å². The van der Waals surface area contributed by atoms with E-state index in [1.54, 1.807) is 6.33 Å². The maximum Gasteiger partial charge on any atom is 0.129 e. The van der Waals surface area contributed by atoms with E-state index in [0.29, 0.717) is 5.92 Å². The molecule has 0 spiro atoms. The Labute approximate surface area is 97.7 Å². The molecule has 1 aromatic rings. The smallest absolute Gasteiger partial charge is 0.129 e. The molecule has 1 rings (SSSR count). The maximum atomic E-state index is 5.56. The second kappa shape index (κ2) is 7.17. The van der Waals surface area contributed by atoms with Crippen LogP contribution in [0.15, 0.2) is 12.4 Å². The highest BCUT2D eigenvalue weighted by molar-refractivity contribution is 5.34. The first-order valence-corrected chi connectivity index (χ1v) is 6.01. The number of rotatable bonds is 7. The van der Waals surface area contributed by atoms with Gasteiger partial charge in [-0.1, -0.05) is 13.8 Å². The summed E-state index contributed by atoms with van der Waals surface area (Å²) >= 11 is 0. The molecule has 0 aliphatic rings. The molecule has 0 saturated heterocycles. The molecular weight excluding hydrogens is 200 g/mol. The summed E-state index contributed by atoms with van der Waals surface area (Å²) in [5, 5.41) is 3.31. The summed E-state index contributed by atoms with van der Waals surface area (Å²) in [6.45, 7) is 5.99. The van der Waals surface area contributed by atoms with Crippen LogP contribution in [-0.4, -0.2) is 23.1 Å². The van der Waals surface area contributed by atoms with Gasteiger partial charge >= 0.3 is 0 Å². The van der Waals surface area contributed by atoms with E-state index in [0.717, 1.165) is 43.9 Å². The standard InChI is InChI=1S/C12H22N4/c1-3-11-7-12(16-9-15-11)14-6-4-5-10(2)8-13/h7,9-10H,3-6,8,13H2,1-2H3,(H,14,15,16). The number of nitrogens with zero attached hydrogens (tertiary/aromatic N) is 2. The Balaban J connectivity index is 2.26. The third-order valence-electron chi connectivity index (χ3n) is 2.67. The zero-order valence-corrected chi connectivity index (χ0v) is 10.2. The van der Waals surface area contributed by atoms with Crippen molar-refractivity contribution in [2.75, 3.05) is 18.4 Å². The van der Waals surface area contributed by atoms with Gasteiger partial charge in [0.2, 0.25) is 0 Å². The van der Waals surface area contributed by atoms with Crippen molar-refractivity contribution in [1.82, 2.24) is 9.97 Å². The van der Waals surface area contributed by atoms with Crippen molar-refractivity contribution in [2.24, 2.45) is 11.7 Å². The molecule has 1 heterocycles. The Morgan fingerprint density at radius 3 is 2.94 bits per heavy atom. The average molecular weight is 222 g/mol. The van der Waals surface area contributed by atoms with Crippen molar-refractivity contribution >= 4 is 5.82 Å². The number of anilines is 1. The lowest BCUT2D eigenvalue weighted by molar-refractivity contribution is 0.529. The predicted molar refractivity (Wildman–Crippen MR) is 67.4 cm³/mol. The van der Waals surface area contributed by atoms with E-state index < -0.39 is 0 Å². The molecule has 1 atom stereocenters. The summed E-state index contributed by atoms with van der Waals surface area (Å²) in [7, 11) is 0. The Hall–Kier alpha value is -1.16. The minimum Gasteiger partial charge on any atom is -0.370 e. The quantitative estimate of drug-likeness (QED) is 0.691. The summed E-state index contributed by atoms with van der Waals surface area (Å²) in [5.41, 5.74) is 6.64. The van der Waals surface area contributed by atoms with Crippen molar-refractivity contribution in [1.29, 1.82) is 0 Å². The van der Waals surface area contributed by atoms with E-state index in [1.165, 1.54) is 0 Å². The van der Waals surface area contributed by atoms with E-state index in [9.17, 15) is 0 Å². The lowest BCUT2D eigenvalue weighted by Crippen LogP contribution is -2.12. The largest absolute Gasteiger partial charge is 0.370 e. The van der Waals surface area contributed by atoms with Gasteiger partial charge in [0.15, 0.2) is 0 Å². The number of nitrogens with two attached hydrogens (primary N) is 1. The van der Waals surface area contributed by atoms with Gasteiger partial charge in [-0.2, -0.15) is 0 Å². The third-order valence-corrected chi connectivity index (χ3v) is 2.67. The number of nitrogens with one attached hydrogen (secondary N) is 1. The van der Waals surface area contributed by atoms with E-state index in [-0.39, 0.29) is 0 Å². The zero-order valence-electron chi connectivity index (χ0n) is 10.2. The van der Waals surface area contributed by atoms with Gasteiger partial charge in [0.25, 0.3) is 0 Å². The first-order chi connectivity index (χ1) is 7.76. The third kappa shape index (κ3) is 4.57. The summed E-state index contributed by atoms with van der Waals surface area (Å²) in [6, 6.07) is 2.01. The van der Waals surface area contributed by atoms with Gasteiger partial charge in [-0.15, -0.1) is 0 Å². The van der Waals surface area contributed by atoms with E-state index >= 15 is 0 Å². The first-order valence-electron chi connectivity index (χ1n) is 6.01. The average Bonchev–Trinajstić information content (AvgIpc) is 2.34. The fourth-order valence-corrected chi connectivity index (χ4v) is 1.47. The van der Waals surface area contributed by atoms with Gasteiger partial charge in [0.05, 0.1) is 0 Å². The molecule has 90 valence electrons. The maximum absolute atomic E-state index is 5.56. The molecule has 0 bridgehead atoms. The van der Waals surface area contributed by atoms with Gasteiger partial charge in [0, 0.05) is 18.3 Å². The minimum atomic E-state index is 0.610. The molecule has 0 aliphatic carbocycles. The SMILES string of the molecule is CCc1cc(NCCCC(C)CN)ncn1. The van der Waals surface area contributed by atoms with Crippen molar-refractivity contribution < 1.29 is 0 Å². The number of aromatic nitrogens is 2. The van der Waals surface area contributed by atoms with E-state index in [1.807, 2.05) is 6.07 Å². The van der Waals surface area contributed by atoms with Gasteiger partial charge in [0.1, 0.15) is 12.1 Å². The van der Waals surface area contributed by atoms with Gasteiger partial charge < -0.3 is 11.1 Å². The molecule has 16 heavy (non-hydrogen) atoms. The molecule has 0 aromatic carbocycles. The fourth-order valence-electron chi connectivity index (χ4n) is 1.47. The molecule has 1 unspecified atom stereocenters. The second-order valence-corrected chi connectivity index (χ2v) is 4.16. The van der Waals surface area contributed by atoms with Crippen LogP contribution in [0.3, 0.4) is 0 Å². The minimum absolute atomic E-state index is 0.610. The van der Waals surface area contributed by atoms with Crippen molar-refractivity contribution in [3.8, 4) is 0 Å². The first kappa shape index (κ1) is 12.9. The molecule has 4 heteroatoms. The number of aryl methyl sites for hydroxylation is 1. The molecule has 0 aliphatic heterocycles. The Morgan fingerprint density at radius 1 is 1.44 bits per heavy atom.